The van der Waals surface area contributed by atoms with Gasteiger partial charge in [0.25, 0.3) is 0 Å². The molecule has 1 heterocycles. The third kappa shape index (κ3) is 7.93. The molecule has 2 aliphatic rings. The number of halogens is 2. The van der Waals surface area contributed by atoms with E-state index in [1.807, 2.05) is 11.8 Å². The van der Waals surface area contributed by atoms with Crippen LogP contribution in [0.15, 0.2) is 0 Å². The molecule has 3 N–H and O–H groups in total. The van der Waals surface area contributed by atoms with E-state index < -0.39 is 0 Å². The van der Waals surface area contributed by atoms with Gasteiger partial charge in [-0.25, -0.2) is 0 Å². The van der Waals surface area contributed by atoms with Gasteiger partial charge in [0.15, 0.2) is 0 Å². The average Bonchev–Trinajstić information content (AvgIpc) is 2.43. The van der Waals surface area contributed by atoms with Crippen molar-refractivity contribution in [3.05, 3.63) is 0 Å². The lowest BCUT2D eigenvalue weighted by atomic mass is 9.83. The first-order chi connectivity index (χ1) is 9.25. The molecule has 0 bridgehead atoms. The number of thioether (sulfide) groups is 1. The van der Waals surface area contributed by atoms with E-state index in [1.54, 1.807) is 0 Å². The van der Waals surface area contributed by atoms with E-state index in [2.05, 4.69) is 10.2 Å². The number of carbonyl (C=O) groups is 1. The average molecular weight is 358 g/mol. The standard InChI is InChI=1S/C14H27N3OS.2ClH/c15-13-4-2-1-3-12(13)11-14(18)16-5-6-17-7-9-19-10-8-17;;/h12-13H,1-11,15H2,(H,16,18);2*1H. The second-order valence-corrected chi connectivity index (χ2v) is 6.94. The second-order valence-electron chi connectivity index (χ2n) is 5.72. The number of nitrogens with zero attached hydrogens (tertiary/aromatic N) is 1. The van der Waals surface area contributed by atoms with Gasteiger partial charge in [0, 0.05) is 50.1 Å². The molecule has 0 aromatic carbocycles. The minimum atomic E-state index is 0. The quantitative estimate of drug-likeness (QED) is 0.788. The molecule has 0 spiro atoms. The van der Waals surface area contributed by atoms with Gasteiger partial charge in [-0.15, -0.1) is 24.8 Å². The number of nitrogens with one attached hydrogen (secondary N) is 1. The van der Waals surface area contributed by atoms with Gasteiger partial charge in [0.2, 0.25) is 5.91 Å². The van der Waals surface area contributed by atoms with E-state index in [9.17, 15) is 4.79 Å². The molecule has 1 saturated heterocycles. The predicted octanol–water partition coefficient (Wildman–Crippen LogP) is 1.90. The van der Waals surface area contributed by atoms with Gasteiger partial charge in [-0.1, -0.05) is 12.8 Å². The molecule has 1 aliphatic heterocycles. The van der Waals surface area contributed by atoms with E-state index in [-0.39, 0.29) is 36.8 Å². The second kappa shape index (κ2) is 11.8. The molecule has 1 amide bonds. The van der Waals surface area contributed by atoms with Gasteiger partial charge >= 0.3 is 0 Å². The summed E-state index contributed by atoms with van der Waals surface area (Å²) in [6.07, 6.45) is 5.29. The molecule has 126 valence electrons. The van der Waals surface area contributed by atoms with Crippen molar-refractivity contribution in [3.8, 4) is 0 Å². The Hall–Kier alpha value is 0.320. The molecule has 0 radical (unpaired) electrons. The van der Waals surface area contributed by atoms with Crippen LogP contribution in [0.4, 0.5) is 0 Å². The lowest BCUT2D eigenvalue weighted by molar-refractivity contribution is -0.122. The molecule has 7 heteroatoms. The molecular formula is C14H29Cl2N3OS. The summed E-state index contributed by atoms with van der Waals surface area (Å²) in [4.78, 5) is 14.3. The van der Waals surface area contributed by atoms with Crippen molar-refractivity contribution in [1.29, 1.82) is 0 Å². The van der Waals surface area contributed by atoms with Gasteiger partial charge < -0.3 is 11.1 Å². The minimum absolute atomic E-state index is 0. The van der Waals surface area contributed by atoms with Gasteiger partial charge in [0.05, 0.1) is 0 Å². The van der Waals surface area contributed by atoms with Crippen molar-refractivity contribution in [2.75, 3.05) is 37.7 Å². The van der Waals surface area contributed by atoms with Crippen LogP contribution < -0.4 is 11.1 Å². The summed E-state index contributed by atoms with van der Waals surface area (Å²) in [6.45, 7) is 4.09. The van der Waals surface area contributed by atoms with Gasteiger partial charge in [0.1, 0.15) is 0 Å². The summed E-state index contributed by atoms with van der Waals surface area (Å²) in [5.74, 6) is 3.05. The molecule has 4 nitrogen and oxygen atoms in total. The van der Waals surface area contributed by atoms with E-state index in [1.165, 1.54) is 24.3 Å². The van der Waals surface area contributed by atoms with Crippen LogP contribution in [0.5, 0.6) is 0 Å². The zero-order valence-corrected chi connectivity index (χ0v) is 15.0. The molecule has 1 saturated carbocycles. The third-order valence-corrected chi connectivity index (χ3v) is 5.21. The summed E-state index contributed by atoms with van der Waals surface area (Å²) in [6, 6.07) is 0.235. The molecule has 2 unspecified atom stereocenters. The Labute approximate surface area is 145 Å². The molecule has 2 rings (SSSR count). The third-order valence-electron chi connectivity index (χ3n) is 4.27. The minimum Gasteiger partial charge on any atom is -0.355 e. The maximum atomic E-state index is 11.9. The van der Waals surface area contributed by atoms with Crippen LogP contribution in [0.2, 0.25) is 0 Å². The molecular weight excluding hydrogens is 329 g/mol. The van der Waals surface area contributed by atoms with Crippen LogP contribution in [0.1, 0.15) is 32.1 Å². The number of hydrogen-bond donors (Lipinski definition) is 2. The fourth-order valence-electron chi connectivity index (χ4n) is 2.98. The largest absolute Gasteiger partial charge is 0.355 e. The topological polar surface area (TPSA) is 58.4 Å². The van der Waals surface area contributed by atoms with Crippen LogP contribution in [0.3, 0.4) is 0 Å². The Morgan fingerprint density at radius 2 is 1.86 bits per heavy atom. The maximum absolute atomic E-state index is 11.9. The summed E-state index contributed by atoms with van der Waals surface area (Å²) < 4.78 is 0. The highest BCUT2D eigenvalue weighted by Gasteiger charge is 2.24. The molecule has 1 aliphatic carbocycles. The van der Waals surface area contributed by atoms with Gasteiger partial charge in [-0.2, -0.15) is 11.8 Å². The maximum Gasteiger partial charge on any atom is 0.220 e. The first-order valence-corrected chi connectivity index (χ1v) is 8.73. The van der Waals surface area contributed by atoms with Crippen molar-refractivity contribution in [3.63, 3.8) is 0 Å². The number of carbonyl (C=O) groups excluding carboxylic acids is 1. The zero-order valence-electron chi connectivity index (χ0n) is 12.6. The highest BCUT2D eigenvalue weighted by Crippen LogP contribution is 2.25. The molecule has 0 aromatic heterocycles. The predicted molar refractivity (Wildman–Crippen MR) is 95.8 cm³/mol. The highest BCUT2D eigenvalue weighted by atomic mass is 35.5. The smallest absolute Gasteiger partial charge is 0.220 e. The number of rotatable bonds is 5. The van der Waals surface area contributed by atoms with E-state index in [0.29, 0.717) is 12.3 Å². The van der Waals surface area contributed by atoms with E-state index >= 15 is 0 Å². The Kier molecular flexibility index (Phi) is 12.0. The molecule has 2 fully saturated rings. The van der Waals surface area contributed by atoms with Crippen molar-refractivity contribution in [1.82, 2.24) is 10.2 Å². The molecule has 2 atom stereocenters. The van der Waals surface area contributed by atoms with Crippen molar-refractivity contribution < 1.29 is 4.79 Å². The summed E-state index contributed by atoms with van der Waals surface area (Å²) in [5.41, 5.74) is 6.08. The normalized spacial score (nSPS) is 26.3. The van der Waals surface area contributed by atoms with Crippen molar-refractivity contribution in [2.45, 2.75) is 38.1 Å². The fourth-order valence-corrected chi connectivity index (χ4v) is 3.96. The first kappa shape index (κ1) is 21.3. The summed E-state index contributed by atoms with van der Waals surface area (Å²) in [7, 11) is 0. The Bertz CT molecular complexity index is 291. The van der Waals surface area contributed by atoms with Crippen LogP contribution >= 0.6 is 36.6 Å². The van der Waals surface area contributed by atoms with Gasteiger partial charge in [-0.3, -0.25) is 9.69 Å². The van der Waals surface area contributed by atoms with Crippen LogP contribution in [0.25, 0.3) is 0 Å². The van der Waals surface area contributed by atoms with Crippen molar-refractivity contribution >= 4 is 42.5 Å². The Balaban J connectivity index is 0.00000200. The molecule has 21 heavy (non-hydrogen) atoms. The number of amides is 1. The van der Waals surface area contributed by atoms with E-state index in [4.69, 9.17) is 5.73 Å². The van der Waals surface area contributed by atoms with Crippen LogP contribution in [-0.2, 0) is 4.79 Å². The van der Waals surface area contributed by atoms with E-state index in [0.717, 1.165) is 39.0 Å². The lowest BCUT2D eigenvalue weighted by Crippen LogP contribution is -2.41. The highest BCUT2D eigenvalue weighted by molar-refractivity contribution is 7.99. The Morgan fingerprint density at radius 3 is 2.52 bits per heavy atom. The lowest BCUT2D eigenvalue weighted by Gasteiger charge is -2.28. The van der Waals surface area contributed by atoms with Gasteiger partial charge in [-0.05, 0) is 18.8 Å². The Morgan fingerprint density at radius 1 is 1.19 bits per heavy atom. The van der Waals surface area contributed by atoms with Crippen LogP contribution in [-0.4, -0.2) is 54.5 Å². The summed E-state index contributed by atoms with van der Waals surface area (Å²) in [5, 5.41) is 3.05. The van der Waals surface area contributed by atoms with Crippen LogP contribution in [0, 0.1) is 5.92 Å². The monoisotopic (exact) mass is 357 g/mol. The SMILES string of the molecule is Cl.Cl.NC1CCCCC1CC(=O)NCCN1CCSCC1. The number of hydrogen-bond acceptors (Lipinski definition) is 4. The first-order valence-electron chi connectivity index (χ1n) is 7.58. The zero-order chi connectivity index (χ0) is 13.5. The molecule has 0 aromatic rings. The van der Waals surface area contributed by atoms with Crippen molar-refractivity contribution in [2.24, 2.45) is 11.7 Å². The fraction of sp³-hybridized carbons (Fsp3) is 0.929. The number of nitrogens with two attached hydrogens (primary N) is 1. The summed E-state index contributed by atoms with van der Waals surface area (Å²) >= 11 is 2.02.